The fraction of sp³-hybridized carbons (Fsp3) is 0.750. The van der Waals surface area contributed by atoms with Gasteiger partial charge in [-0.2, -0.15) is 0 Å². The molecule has 0 rings (SSSR count). The van der Waals surface area contributed by atoms with Crippen LogP contribution in [-0.2, 0) is 4.79 Å². The molecule has 0 bridgehead atoms. The van der Waals surface area contributed by atoms with Gasteiger partial charge in [0.2, 0.25) is 0 Å². The Balaban J connectivity index is 0. The van der Waals surface area contributed by atoms with E-state index in [2.05, 4.69) is 0 Å². The molecule has 0 saturated heterocycles. The maximum atomic E-state index is 9.70. The van der Waals surface area contributed by atoms with Crippen molar-refractivity contribution in [2.75, 3.05) is 0 Å². The van der Waals surface area contributed by atoms with Crippen molar-refractivity contribution in [2.24, 2.45) is 5.92 Å². The fourth-order valence-corrected chi connectivity index (χ4v) is 0. The molecule has 3 heteroatoms. The number of aliphatic carboxylic acids is 1. The van der Waals surface area contributed by atoms with E-state index in [9.17, 15) is 9.90 Å². The van der Waals surface area contributed by atoms with Gasteiger partial charge in [-0.1, -0.05) is 13.8 Å². The van der Waals surface area contributed by atoms with Gasteiger partial charge in [0.1, 0.15) is 0 Å². The minimum Gasteiger partial charge on any atom is -0.550 e. The molecule has 0 unspecified atom stereocenters. The molecule has 0 spiro atoms. The van der Waals surface area contributed by atoms with Crippen LogP contribution in [0, 0.1) is 5.92 Å². The van der Waals surface area contributed by atoms with Gasteiger partial charge in [0.25, 0.3) is 0 Å². The predicted octanol–water partition coefficient (Wildman–Crippen LogP) is -3.60. The van der Waals surface area contributed by atoms with Crippen LogP contribution in [0.1, 0.15) is 15.2 Å². The fourth-order valence-electron chi connectivity index (χ4n) is 0. The number of carbonyl (C=O) groups excluding carboxylic acids is 1. The second-order valence-corrected chi connectivity index (χ2v) is 1.22. The third kappa shape index (κ3) is 6.47. The van der Waals surface area contributed by atoms with E-state index in [0.717, 1.165) is 0 Å². The molecule has 36 valence electrons. The van der Waals surface area contributed by atoms with Crippen LogP contribution in [0.25, 0.3) is 0 Å². The summed E-state index contributed by atoms with van der Waals surface area (Å²) in [6, 6.07) is 0. The first-order chi connectivity index (χ1) is 3.18. The second kappa shape index (κ2) is 4.62. The van der Waals surface area contributed by atoms with E-state index in [1.165, 1.54) is 6.92 Å². The zero-order valence-electron chi connectivity index (χ0n) is 5.60. The van der Waals surface area contributed by atoms with Crippen LogP contribution < -0.4 is 34.7 Å². The predicted molar refractivity (Wildman–Crippen MR) is 19.8 cm³/mol. The summed E-state index contributed by atoms with van der Waals surface area (Å²) in [7, 11) is 0. The van der Waals surface area contributed by atoms with Crippen molar-refractivity contribution in [3.63, 3.8) is 0 Å². The number of rotatable bonds is 1. The van der Waals surface area contributed by atoms with Gasteiger partial charge in [0.15, 0.2) is 0 Å². The normalized spacial score (nSPS) is 13.6. The molecule has 0 amide bonds. The summed E-state index contributed by atoms with van der Waals surface area (Å²) in [5, 5.41) is 9.70. The molecule has 7 heavy (non-hydrogen) atoms. The van der Waals surface area contributed by atoms with Crippen molar-refractivity contribution in [3.8, 4) is 0 Å². The van der Waals surface area contributed by atoms with E-state index < -0.39 is 11.9 Å². The Morgan fingerprint density at radius 1 is 2.00 bits per heavy atom. The Labute approximate surface area is 66.6 Å². The number of hydrogen-bond donors (Lipinski definition) is 0. The summed E-state index contributed by atoms with van der Waals surface area (Å²) in [4.78, 5) is 9.70. The zero-order valence-corrected chi connectivity index (χ0v) is 6.60. The molecular weight excluding hydrogens is 103 g/mol. The third-order valence-corrected chi connectivity index (χ3v) is 0.402. The molecule has 0 aromatic heterocycles. The summed E-state index contributed by atoms with van der Waals surface area (Å²) >= 11 is 0. The molecule has 0 radical (unpaired) electrons. The van der Waals surface area contributed by atoms with Crippen LogP contribution >= 0.6 is 0 Å². The van der Waals surface area contributed by atoms with Crippen molar-refractivity contribution < 1.29 is 40.8 Å². The van der Waals surface area contributed by atoms with Crippen molar-refractivity contribution in [1.29, 1.82) is 0 Å². The summed E-state index contributed by atoms with van der Waals surface area (Å²) in [5.74, 6) is -1.77. The average molecular weight is 111 g/mol. The Bertz CT molecular complexity index is 76.4. The molecular formula is C4H7NaO2. The largest absolute Gasteiger partial charge is 1.00 e. The molecule has 0 aliphatic heterocycles. The van der Waals surface area contributed by atoms with Gasteiger partial charge in [-0.15, -0.1) is 0 Å². The minimum atomic E-state index is -1.14. The van der Waals surface area contributed by atoms with Crippen molar-refractivity contribution in [1.82, 2.24) is 0 Å². The van der Waals surface area contributed by atoms with Gasteiger partial charge < -0.3 is 9.90 Å². The molecule has 0 N–H and O–H groups in total. The average Bonchev–Trinajstić information content (AvgIpc) is 1.65. The van der Waals surface area contributed by atoms with Crippen LogP contribution in [0.3, 0.4) is 0 Å². The maximum absolute atomic E-state index is 9.70. The summed E-state index contributed by atoms with van der Waals surface area (Å²) in [6.07, 6.45) is 0. The van der Waals surface area contributed by atoms with Crippen LogP contribution in [0.15, 0.2) is 0 Å². The quantitative estimate of drug-likeness (QED) is 0.328. The molecule has 0 heterocycles. The van der Waals surface area contributed by atoms with Gasteiger partial charge in [0.05, 0.1) is 0 Å². The standard InChI is InChI=1S/C4H8O2.Na/c1-3(2)4(5)6;/h3H,1-2H3,(H,5,6);/q;+1/p-1/i1D;/t3-;/m0./s1. The van der Waals surface area contributed by atoms with Crippen molar-refractivity contribution in [2.45, 2.75) is 13.8 Å². The summed E-state index contributed by atoms with van der Waals surface area (Å²) in [6.45, 7) is 1.35. The molecule has 0 aromatic rings. The second-order valence-electron chi connectivity index (χ2n) is 1.22. The Morgan fingerprint density at radius 3 is 2.43 bits per heavy atom. The topological polar surface area (TPSA) is 40.1 Å². The van der Waals surface area contributed by atoms with Crippen LogP contribution in [0.2, 0.25) is 0 Å². The van der Waals surface area contributed by atoms with Gasteiger partial charge in [-0.05, 0) is 5.92 Å². The molecule has 0 aliphatic rings. The van der Waals surface area contributed by atoms with E-state index in [-0.39, 0.29) is 36.5 Å². The van der Waals surface area contributed by atoms with Gasteiger partial charge in [-0.25, -0.2) is 0 Å². The van der Waals surface area contributed by atoms with E-state index in [1.54, 1.807) is 0 Å². The molecule has 0 aliphatic carbocycles. The third-order valence-electron chi connectivity index (χ3n) is 0.402. The summed E-state index contributed by atoms with van der Waals surface area (Å²) < 4.78 is 6.52. The summed E-state index contributed by atoms with van der Waals surface area (Å²) in [5.41, 5.74) is 0. The number of hydrogen-bond acceptors (Lipinski definition) is 2. The first kappa shape index (κ1) is 7.47. The first-order valence-corrected chi connectivity index (χ1v) is 1.68. The Kier molecular flexibility index (Phi) is 4.94. The van der Waals surface area contributed by atoms with E-state index in [4.69, 9.17) is 1.37 Å². The maximum Gasteiger partial charge on any atom is 1.00 e. The minimum absolute atomic E-state index is 0. The number of carbonyl (C=O) groups is 1. The Hall–Kier alpha value is 0.470. The molecule has 0 aromatic carbocycles. The van der Waals surface area contributed by atoms with E-state index >= 15 is 0 Å². The molecule has 0 saturated carbocycles. The Morgan fingerprint density at radius 2 is 2.43 bits per heavy atom. The first-order valence-electron chi connectivity index (χ1n) is 2.39. The van der Waals surface area contributed by atoms with Gasteiger partial charge in [-0.3, -0.25) is 0 Å². The van der Waals surface area contributed by atoms with Gasteiger partial charge in [0, 0.05) is 7.34 Å². The van der Waals surface area contributed by atoms with Crippen LogP contribution in [0.4, 0.5) is 0 Å². The van der Waals surface area contributed by atoms with Gasteiger partial charge >= 0.3 is 29.6 Å². The number of carboxylic acid groups (broad SMARTS) is 1. The van der Waals surface area contributed by atoms with Crippen molar-refractivity contribution in [3.05, 3.63) is 0 Å². The molecule has 0 fully saturated rings. The SMILES string of the molecule is [2H]C[C@@H](C)C(=O)[O-].[Na+]. The van der Waals surface area contributed by atoms with Crippen LogP contribution in [0.5, 0.6) is 0 Å². The zero-order chi connectivity index (χ0) is 5.86. The molecule has 1 atom stereocenters. The van der Waals surface area contributed by atoms with E-state index in [1.807, 2.05) is 0 Å². The smallest absolute Gasteiger partial charge is 0.550 e. The van der Waals surface area contributed by atoms with Crippen LogP contribution in [-0.4, -0.2) is 5.97 Å². The monoisotopic (exact) mass is 111 g/mol. The van der Waals surface area contributed by atoms with E-state index in [0.29, 0.717) is 0 Å². The number of carboxylic acids is 1. The molecule has 2 nitrogen and oxygen atoms in total. The van der Waals surface area contributed by atoms with Crippen molar-refractivity contribution >= 4 is 5.97 Å².